The summed E-state index contributed by atoms with van der Waals surface area (Å²) in [7, 11) is 0. The second kappa shape index (κ2) is 19.3. The van der Waals surface area contributed by atoms with Gasteiger partial charge in [0.2, 0.25) is 12.1 Å². The third-order valence-electron chi connectivity index (χ3n) is 8.19. The van der Waals surface area contributed by atoms with Gasteiger partial charge < -0.3 is 20.1 Å². The minimum Gasteiger partial charge on any atom is -0.423 e. The Bertz CT molecular complexity index is 2290. The van der Waals surface area contributed by atoms with Crippen molar-refractivity contribution in [3.05, 3.63) is 141 Å². The van der Waals surface area contributed by atoms with E-state index in [0.717, 1.165) is 0 Å². The Morgan fingerprint density at radius 3 is 1.24 bits per heavy atom. The fourth-order valence-corrected chi connectivity index (χ4v) is 5.42. The van der Waals surface area contributed by atoms with Crippen molar-refractivity contribution < 1.29 is 38.2 Å². The van der Waals surface area contributed by atoms with Gasteiger partial charge in [0.25, 0.3) is 11.8 Å². The number of ketones is 2. The number of rotatable bonds is 14. The summed E-state index contributed by atoms with van der Waals surface area (Å²) < 4.78 is 10.7. The molecule has 2 unspecified atom stereocenters. The van der Waals surface area contributed by atoms with E-state index in [4.69, 9.17) is 32.7 Å². The average Bonchev–Trinajstić information content (AvgIpc) is 3.18. The molecule has 0 aliphatic carbocycles. The van der Waals surface area contributed by atoms with Gasteiger partial charge in [-0.1, -0.05) is 59.6 Å². The van der Waals surface area contributed by atoms with Crippen LogP contribution in [-0.4, -0.2) is 47.4 Å². The lowest BCUT2D eigenvalue weighted by molar-refractivity contribution is -0.127. The van der Waals surface area contributed by atoms with Gasteiger partial charge in [0.15, 0.2) is 11.6 Å². The maximum atomic E-state index is 13.3. The smallest absolute Gasteiger partial charge is 0.343 e. The zero-order valence-corrected chi connectivity index (χ0v) is 32.9. The number of nitrogens with one attached hydrogen (secondary N) is 2. The van der Waals surface area contributed by atoms with Crippen molar-refractivity contribution >= 4 is 81.3 Å². The highest BCUT2D eigenvalue weighted by Crippen LogP contribution is 2.30. The lowest BCUT2D eigenvalue weighted by atomic mass is 10.1. The van der Waals surface area contributed by atoms with Gasteiger partial charge in [0, 0.05) is 11.4 Å². The zero-order chi connectivity index (χ0) is 41.9. The second-order valence-corrected chi connectivity index (χ2v) is 13.5. The Kier molecular flexibility index (Phi) is 14.1. The van der Waals surface area contributed by atoms with E-state index in [-0.39, 0.29) is 32.5 Å². The largest absolute Gasteiger partial charge is 0.423 e. The quantitative estimate of drug-likeness (QED) is 0.0478. The molecule has 0 aromatic heterocycles. The van der Waals surface area contributed by atoms with Gasteiger partial charge in [-0.2, -0.15) is 20.5 Å². The number of hydrogen-bond donors (Lipinski definition) is 2. The lowest BCUT2D eigenvalue weighted by Gasteiger charge is -2.16. The summed E-state index contributed by atoms with van der Waals surface area (Å²) in [6.07, 6.45) is 0. The highest BCUT2D eigenvalue weighted by Gasteiger charge is 2.26. The molecular formula is C42H34Cl2N6O8. The molecule has 5 aromatic rings. The summed E-state index contributed by atoms with van der Waals surface area (Å²) in [5, 5.41) is 21.5. The standard InChI is InChI=1S/C42H34Cl2N6O8/c1-23-19-34(46-40(54)38(26(4)52)50-48-36-22-28(16-18-32(36)44)42(56)58-30-13-9-6-10-14-30)24(2)20-33(23)45-39(53)37(25(3)51)49-47-35-21-27(15-17-31(35)43)41(55)57-29-11-7-5-8-12-29/h5-22,37-38H,1-4H3,(H,45,53)(H,46,54)/b49-47+,50-48+. The molecule has 58 heavy (non-hydrogen) atoms. The molecule has 0 saturated carbocycles. The van der Waals surface area contributed by atoms with E-state index in [1.54, 1.807) is 86.6 Å². The maximum absolute atomic E-state index is 13.3. The van der Waals surface area contributed by atoms with Gasteiger partial charge in [-0.25, -0.2) is 9.59 Å². The molecule has 5 aromatic carbocycles. The lowest BCUT2D eigenvalue weighted by Crippen LogP contribution is -2.32. The van der Waals surface area contributed by atoms with Gasteiger partial charge in [0.1, 0.15) is 22.9 Å². The van der Waals surface area contributed by atoms with Crippen LogP contribution in [0.2, 0.25) is 10.0 Å². The number of halogens is 2. The first-order valence-electron chi connectivity index (χ1n) is 17.4. The van der Waals surface area contributed by atoms with Crippen LogP contribution in [0.15, 0.2) is 130 Å². The van der Waals surface area contributed by atoms with E-state index in [0.29, 0.717) is 34.0 Å². The minimum absolute atomic E-state index is 0.0268. The predicted octanol–water partition coefficient (Wildman–Crippen LogP) is 9.41. The van der Waals surface area contributed by atoms with Crippen LogP contribution in [0.1, 0.15) is 45.7 Å². The minimum atomic E-state index is -1.58. The van der Waals surface area contributed by atoms with E-state index in [1.165, 1.54) is 50.2 Å². The maximum Gasteiger partial charge on any atom is 0.343 e. The molecule has 0 radical (unpaired) electrons. The highest BCUT2D eigenvalue weighted by atomic mass is 35.5. The number of Topliss-reactive ketones (excluding diaryl/α,β-unsaturated/α-hetero) is 2. The second-order valence-electron chi connectivity index (χ2n) is 12.7. The summed E-state index contributed by atoms with van der Waals surface area (Å²) in [4.78, 5) is 77.1. The number of benzene rings is 5. The third kappa shape index (κ3) is 11.1. The Hall–Kier alpha value is -6.90. The molecule has 0 aliphatic heterocycles. The Labute approximate surface area is 342 Å². The number of carbonyl (C=O) groups is 6. The summed E-state index contributed by atoms with van der Waals surface area (Å²) >= 11 is 12.6. The first-order chi connectivity index (χ1) is 27.7. The monoisotopic (exact) mass is 820 g/mol. The van der Waals surface area contributed by atoms with E-state index in [2.05, 4.69) is 31.1 Å². The van der Waals surface area contributed by atoms with Gasteiger partial charge in [-0.3, -0.25) is 19.2 Å². The van der Waals surface area contributed by atoms with Crippen LogP contribution >= 0.6 is 23.2 Å². The molecule has 2 N–H and O–H groups in total. The van der Waals surface area contributed by atoms with Crippen molar-refractivity contribution in [3.63, 3.8) is 0 Å². The Morgan fingerprint density at radius 1 is 0.534 bits per heavy atom. The molecule has 16 heteroatoms. The molecule has 0 spiro atoms. The number of hydrogen-bond acceptors (Lipinski definition) is 12. The highest BCUT2D eigenvalue weighted by molar-refractivity contribution is 6.33. The Balaban J connectivity index is 1.26. The van der Waals surface area contributed by atoms with Crippen LogP contribution < -0.4 is 20.1 Å². The summed E-state index contributed by atoms with van der Waals surface area (Å²) in [5.74, 6) is -3.56. The van der Waals surface area contributed by atoms with Crippen LogP contribution in [0.4, 0.5) is 22.7 Å². The summed E-state index contributed by atoms with van der Waals surface area (Å²) in [6.45, 7) is 5.63. The van der Waals surface area contributed by atoms with Crippen molar-refractivity contribution in [1.29, 1.82) is 0 Å². The first-order valence-corrected chi connectivity index (χ1v) is 18.1. The van der Waals surface area contributed by atoms with Crippen molar-refractivity contribution in [1.82, 2.24) is 0 Å². The van der Waals surface area contributed by atoms with Crippen LogP contribution in [0.25, 0.3) is 0 Å². The molecule has 2 atom stereocenters. The topological polar surface area (TPSA) is 194 Å². The zero-order valence-electron chi connectivity index (χ0n) is 31.4. The number of aryl methyl sites for hydroxylation is 2. The number of ether oxygens (including phenoxy) is 2. The number of esters is 2. The normalized spacial score (nSPS) is 12.1. The van der Waals surface area contributed by atoms with Crippen molar-refractivity contribution in [2.24, 2.45) is 20.5 Å². The van der Waals surface area contributed by atoms with E-state index in [9.17, 15) is 28.8 Å². The first kappa shape index (κ1) is 42.2. The van der Waals surface area contributed by atoms with Crippen LogP contribution in [0.5, 0.6) is 11.5 Å². The third-order valence-corrected chi connectivity index (χ3v) is 8.83. The van der Waals surface area contributed by atoms with Crippen molar-refractivity contribution in [2.75, 3.05) is 10.6 Å². The van der Waals surface area contributed by atoms with E-state index >= 15 is 0 Å². The molecule has 0 heterocycles. The number of amides is 2. The fraction of sp³-hybridized carbons (Fsp3) is 0.143. The van der Waals surface area contributed by atoms with Crippen LogP contribution in [0, 0.1) is 13.8 Å². The summed E-state index contributed by atoms with van der Waals surface area (Å²) in [5.41, 5.74) is 1.83. The number of para-hydroxylation sites is 2. The number of azo groups is 2. The van der Waals surface area contributed by atoms with E-state index in [1.807, 2.05) is 0 Å². The molecule has 0 fully saturated rings. The van der Waals surface area contributed by atoms with Gasteiger partial charge in [-0.15, -0.1) is 0 Å². The molecule has 294 valence electrons. The van der Waals surface area contributed by atoms with Crippen LogP contribution in [-0.2, 0) is 19.2 Å². The number of nitrogens with zero attached hydrogens (tertiary/aromatic N) is 4. The predicted molar refractivity (Wildman–Crippen MR) is 217 cm³/mol. The van der Waals surface area contributed by atoms with Crippen LogP contribution in [0.3, 0.4) is 0 Å². The molecular weight excluding hydrogens is 787 g/mol. The van der Waals surface area contributed by atoms with Gasteiger partial charge in [-0.05, 0) is 112 Å². The van der Waals surface area contributed by atoms with Crippen molar-refractivity contribution in [3.8, 4) is 11.5 Å². The van der Waals surface area contributed by atoms with E-state index < -0.39 is 47.4 Å². The number of carbonyl (C=O) groups excluding carboxylic acids is 6. The molecule has 0 aliphatic rings. The van der Waals surface area contributed by atoms with Gasteiger partial charge >= 0.3 is 11.9 Å². The molecule has 0 saturated heterocycles. The van der Waals surface area contributed by atoms with Gasteiger partial charge in [0.05, 0.1) is 21.2 Å². The number of anilines is 2. The SMILES string of the molecule is CC(=O)C(/N=N/c1cc(C(=O)Oc2ccccc2)ccc1Cl)C(=O)Nc1cc(C)c(NC(=O)C(/N=N/c2cc(C(=O)Oc3ccccc3)ccc2Cl)C(C)=O)cc1C. The Morgan fingerprint density at radius 2 is 0.897 bits per heavy atom. The molecule has 2 amide bonds. The summed E-state index contributed by atoms with van der Waals surface area (Å²) in [6, 6.07) is 25.2. The van der Waals surface area contributed by atoms with Crippen molar-refractivity contribution in [2.45, 2.75) is 39.8 Å². The molecule has 0 bridgehead atoms. The average molecular weight is 822 g/mol. The molecule has 5 rings (SSSR count). The fourth-order valence-electron chi connectivity index (χ4n) is 5.11. The molecule has 14 nitrogen and oxygen atoms in total.